The summed E-state index contributed by atoms with van der Waals surface area (Å²) in [5.74, 6) is 0. The third-order valence-electron chi connectivity index (χ3n) is 14.7. The van der Waals surface area contributed by atoms with Crippen molar-refractivity contribution in [1.82, 2.24) is 4.57 Å². The highest BCUT2D eigenvalue weighted by atomic mass is 15.1. The minimum Gasteiger partial charge on any atom is -0.310 e. The Hall–Kier alpha value is -8.72. The van der Waals surface area contributed by atoms with Crippen LogP contribution in [-0.4, -0.2) is 4.57 Å². The molecule has 1 heterocycles. The lowest BCUT2D eigenvalue weighted by molar-refractivity contribution is 0.804. The van der Waals surface area contributed by atoms with Gasteiger partial charge in [-0.05, 0) is 138 Å². The Labute approximate surface area is 409 Å². The van der Waals surface area contributed by atoms with Crippen molar-refractivity contribution in [1.29, 1.82) is 0 Å². The van der Waals surface area contributed by atoms with Gasteiger partial charge in [-0.3, -0.25) is 0 Å². The van der Waals surface area contributed by atoms with Crippen molar-refractivity contribution in [2.24, 2.45) is 0 Å². The van der Waals surface area contributed by atoms with Crippen molar-refractivity contribution in [3.05, 3.63) is 278 Å². The zero-order chi connectivity index (χ0) is 46.6. The van der Waals surface area contributed by atoms with Gasteiger partial charge in [-0.15, -0.1) is 0 Å². The van der Waals surface area contributed by atoms with Crippen molar-refractivity contribution >= 4 is 71.2 Å². The zero-order valence-corrected chi connectivity index (χ0v) is 39.1. The van der Waals surface area contributed by atoms with Gasteiger partial charge >= 0.3 is 0 Å². The maximum atomic E-state index is 2.48. The predicted molar refractivity (Wildman–Crippen MR) is 298 cm³/mol. The van der Waals surface area contributed by atoms with Gasteiger partial charge in [-0.2, -0.15) is 0 Å². The van der Waals surface area contributed by atoms with Gasteiger partial charge in [0.2, 0.25) is 0 Å². The largest absolute Gasteiger partial charge is 0.310 e. The van der Waals surface area contributed by atoms with E-state index in [-0.39, 0.29) is 0 Å². The van der Waals surface area contributed by atoms with Crippen LogP contribution in [0.3, 0.4) is 0 Å². The van der Waals surface area contributed by atoms with Gasteiger partial charge in [0.05, 0.1) is 16.4 Å². The summed E-state index contributed by atoms with van der Waals surface area (Å²) in [5, 5.41) is 10.1. The Morgan fingerprint density at radius 2 is 0.971 bits per heavy atom. The number of fused-ring (bicyclic) bond motifs is 12. The van der Waals surface area contributed by atoms with E-state index in [0.717, 1.165) is 35.6 Å². The summed E-state index contributed by atoms with van der Waals surface area (Å²) in [4.78, 5) is 2.45. The Bertz CT molecular complexity index is 3920. The maximum Gasteiger partial charge on any atom is 0.0648 e. The quantitative estimate of drug-likeness (QED) is 0.0981. The molecule has 2 nitrogen and oxygen atoms in total. The van der Waals surface area contributed by atoms with E-state index in [1.807, 2.05) is 0 Å². The molecule has 1 atom stereocenters. The van der Waals surface area contributed by atoms with Crippen LogP contribution in [0.1, 0.15) is 36.5 Å². The molecule has 0 saturated carbocycles. The predicted octanol–water partition coefficient (Wildman–Crippen LogP) is 18.6. The number of para-hydroxylation sites is 3. The van der Waals surface area contributed by atoms with E-state index in [1.54, 1.807) is 0 Å². The summed E-state index contributed by atoms with van der Waals surface area (Å²) in [6, 6.07) is 87.6. The highest BCUT2D eigenvalue weighted by Crippen LogP contribution is 2.57. The van der Waals surface area contributed by atoms with Crippen molar-refractivity contribution in [2.75, 3.05) is 4.90 Å². The van der Waals surface area contributed by atoms with Crippen LogP contribution < -0.4 is 4.90 Å². The Balaban J connectivity index is 1.03. The van der Waals surface area contributed by atoms with Crippen LogP contribution in [-0.2, 0) is 5.41 Å². The first kappa shape index (κ1) is 41.5. The van der Waals surface area contributed by atoms with Crippen molar-refractivity contribution in [3.8, 4) is 27.9 Å². The van der Waals surface area contributed by atoms with Crippen LogP contribution in [0.15, 0.2) is 261 Å². The molecule has 11 aromatic carbocycles. The van der Waals surface area contributed by atoms with E-state index in [4.69, 9.17) is 0 Å². The summed E-state index contributed by atoms with van der Waals surface area (Å²) < 4.78 is 2.40. The molecular weight excluding hydrogens is 845 g/mol. The highest BCUT2D eigenvalue weighted by Gasteiger charge is 2.44. The number of aromatic nitrogens is 1. The summed E-state index contributed by atoms with van der Waals surface area (Å²) in [6.07, 6.45) is 11.4. The molecule has 70 heavy (non-hydrogen) atoms. The third kappa shape index (κ3) is 6.55. The molecule has 1 aromatic heterocycles. The number of nitrogens with zero attached hydrogens (tertiary/aromatic N) is 2. The highest BCUT2D eigenvalue weighted by molar-refractivity contribution is 6.26. The molecule has 1 aliphatic rings. The molecule has 0 N–H and O–H groups in total. The minimum absolute atomic E-state index is 0.585. The van der Waals surface area contributed by atoms with Crippen molar-refractivity contribution in [2.45, 2.75) is 25.2 Å². The molecule has 13 rings (SSSR count). The zero-order valence-electron chi connectivity index (χ0n) is 39.1. The first-order valence-corrected chi connectivity index (χ1v) is 24.7. The Morgan fingerprint density at radius 1 is 0.414 bits per heavy atom. The molecule has 1 unspecified atom stereocenters. The summed E-state index contributed by atoms with van der Waals surface area (Å²) >= 11 is 0. The smallest absolute Gasteiger partial charge is 0.0648 e. The molecule has 0 fully saturated rings. The fourth-order valence-electron chi connectivity index (χ4n) is 11.7. The topological polar surface area (TPSA) is 8.17 Å². The van der Waals surface area contributed by atoms with Crippen LogP contribution in [0, 0.1) is 0 Å². The molecule has 0 spiro atoms. The summed E-state index contributed by atoms with van der Waals surface area (Å²) in [5.41, 5.74) is 15.0. The van der Waals surface area contributed by atoms with E-state index in [9.17, 15) is 0 Å². The third-order valence-corrected chi connectivity index (χ3v) is 14.7. The molecule has 0 amide bonds. The lowest BCUT2D eigenvalue weighted by Crippen LogP contribution is -2.24. The van der Waals surface area contributed by atoms with Gasteiger partial charge in [0.15, 0.2) is 0 Å². The molecule has 12 aromatic rings. The molecular formula is C68H50N2. The number of anilines is 3. The second kappa shape index (κ2) is 17.1. The number of benzene rings is 11. The van der Waals surface area contributed by atoms with Gasteiger partial charge in [-0.1, -0.05) is 214 Å². The fourth-order valence-corrected chi connectivity index (χ4v) is 11.7. The molecule has 0 saturated heterocycles. The van der Waals surface area contributed by atoms with E-state index < -0.39 is 5.41 Å². The normalized spacial score (nSPS) is 14.4. The summed E-state index contributed by atoms with van der Waals surface area (Å²) in [7, 11) is 0. The Kier molecular flexibility index (Phi) is 10.1. The number of rotatable bonds is 10. The van der Waals surface area contributed by atoms with E-state index in [2.05, 4.69) is 277 Å². The number of unbranched alkanes of at least 4 members (excludes halogenated alkanes) is 1. The molecule has 332 valence electrons. The van der Waals surface area contributed by atoms with Crippen LogP contribution in [0.2, 0.25) is 0 Å². The van der Waals surface area contributed by atoms with Crippen LogP contribution >= 0.6 is 0 Å². The molecule has 1 aliphatic carbocycles. The van der Waals surface area contributed by atoms with Gasteiger partial charge in [0.1, 0.15) is 0 Å². The van der Waals surface area contributed by atoms with Crippen molar-refractivity contribution in [3.63, 3.8) is 0 Å². The molecule has 0 bridgehead atoms. The monoisotopic (exact) mass is 894 g/mol. The molecule has 0 radical (unpaired) electrons. The number of hydrogen-bond donors (Lipinski definition) is 0. The number of allylic oxidation sites excluding steroid dienone is 4. The van der Waals surface area contributed by atoms with Crippen LogP contribution in [0.25, 0.3) is 82.1 Å². The van der Waals surface area contributed by atoms with Crippen LogP contribution in [0.5, 0.6) is 0 Å². The maximum absolute atomic E-state index is 2.48. The second-order valence-electron chi connectivity index (χ2n) is 18.6. The minimum atomic E-state index is -0.585. The first-order chi connectivity index (χ1) is 34.7. The standard InChI is InChI=1S/C68H50N2/c1-2-3-4-5-20-44-68(48-22-8-6-9-23-48)63-33-21-32-53(47-36-38-50(39-37-47)70-65-34-18-16-30-59(65)60-31-17-19-35-66(60)70)67(63)61-43-41-52(46-64(61)68)69(49-24-10-7-11-25-49)51-40-42-58-56-28-13-12-26-54(56)55-27-14-15-29-57(55)62(58)45-51/h4-46H,2-3H2,1H3/b5-4-,44-20+. The SMILES string of the molecule is CCC/C=C\C=C\C1(c2ccccc2)c2cc(N(c3ccccc3)c3ccc4c5ccccc5c5ccccc5c4c3)ccc2-c2c(-c3ccc(-n4c5ccccc5c5ccccc54)cc3)cccc21. The van der Waals surface area contributed by atoms with E-state index in [0.29, 0.717) is 0 Å². The van der Waals surface area contributed by atoms with Gasteiger partial charge in [0.25, 0.3) is 0 Å². The average Bonchev–Trinajstić information content (AvgIpc) is 3.92. The second-order valence-corrected chi connectivity index (χ2v) is 18.6. The van der Waals surface area contributed by atoms with Gasteiger partial charge < -0.3 is 9.47 Å². The first-order valence-electron chi connectivity index (χ1n) is 24.7. The lowest BCUT2D eigenvalue weighted by Gasteiger charge is -2.32. The lowest BCUT2D eigenvalue weighted by atomic mass is 9.72. The average molecular weight is 895 g/mol. The molecule has 0 aliphatic heterocycles. The number of hydrogen-bond acceptors (Lipinski definition) is 1. The van der Waals surface area contributed by atoms with E-state index in [1.165, 1.54) is 93.1 Å². The van der Waals surface area contributed by atoms with Crippen LogP contribution in [0.4, 0.5) is 17.1 Å². The fraction of sp³-hybridized carbons (Fsp3) is 0.0588. The van der Waals surface area contributed by atoms with E-state index >= 15 is 0 Å². The van der Waals surface area contributed by atoms with Crippen molar-refractivity contribution < 1.29 is 0 Å². The van der Waals surface area contributed by atoms with Gasteiger partial charge in [0, 0.05) is 33.5 Å². The summed E-state index contributed by atoms with van der Waals surface area (Å²) in [6.45, 7) is 2.24. The molecule has 2 heteroatoms. The Morgan fingerprint density at radius 3 is 1.63 bits per heavy atom. The van der Waals surface area contributed by atoms with Gasteiger partial charge in [-0.25, -0.2) is 0 Å².